The van der Waals surface area contributed by atoms with Crippen molar-refractivity contribution < 1.29 is 19.2 Å². The van der Waals surface area contributed by atoms with Crippen molar-refractivity contribution >= 4 is 34.3 Å². The molecule has 0 radical (unpaired) electrons. The number of nitro groups is 1. The van der Waals surface area contributed by atoms with Gasteiger partial charge >= 0.3 is 0 Å². The summed E-state index contributed by atoms with van der Waals surface area (Å²) < 4.78 is 12.6. The number of nitrogens with one attached hydrogen (secondary N) is 1. The third-order valence-corrected chi connectivity index (χ3v) is 5.38. The average molecular weight is 426 g/mol. The van der Waals surface area contributed by atoms with Crippen LogP contribution in [0.25, 0.3) is 11.3 Å². The lowest BCUT2D eigenvalue weighted by molar-refractivity contribution is -0.384. The lowest BCUT2D eigenvalue weighted by Gasteiger charge is -2.19. The molecule has 0 saturated heterocycles. The van der Waals surface area contributed by atoms with Crippen molar-refractivity contribution in [2.75, 3.05) is 25.6 Å². The summed E-state index contributed by atoms with van der Waals surface area (Å²) >= 11 is 1.37. The van der Waals surface area contributed by atoms with Crippen LogP contribution in [0.2, 0.25) is 0 Å². The van der Waals surface area contributed by atoms with Gasteiger partial charge in [-0.15, -0.1) is 11.3 Å². The van der Waals surface area contributed by atoms with Crippen LogP contribution in [0, 0.1) is 10.1 Å². The van der Waals surface area contributed by atoms with Gasteiger partial charge in [-0.2, -0.15) is 0 Å². The first-order valence-corrected chi connectivity index (χ1v) is 9.97. The number of fused-ring (bicyclic) bond motifs is 1. The average Bonchev–Trinajstić information content (AvgIpc) is 3.14. The number of anilines is 1. The summed E-state index contributed by atoms with van der Waals surface area (Å²) in [4.78, 5) is 27.7. The second kappa shape index (κ2) is 8.47. The largest absolute Gasteiger partial charge is 0.482 e. The fraction of sp³-hybridized carbons (Fsp3) is 0.200. The van der Waals surface area contributed by atoms with Crippen molar-refractivity contribution in [1.29, 1.82) is 0 Å². The number of nitrogens with zero attached hydrogens (tertiary/aromatic N) is 3. The molecule has 1 aliphatic heterocycles. The van der Waals surface area contributed by atoms with E-state index < -0.39 is 4.92 Å². The van der Waals surface area contributed by atoms with Crippen molar-refractivity contribution in [1.82, 2.24) is 4.57 Å². The second-order valence-corrected chi connectivity index (χ2v) is 7.29. The molecule has 30 heavy (non-hydrogen) atoms. The molecular formula is C20H18N4O5S. The van der Waals surface area contributed by atoms with Crippen LogP contribution in [0.5, 0.6) is 5.75 Å². The van der Waals surface area contributed by atoms with Gasteiger partial charge in [-0.3, -0.25) is 14.9 Å². The maximum Gasteiger partial charge on any atom is 0.294 e. The molecule has 4 rings (SSSR count). The van der Waals surface area contributed by atoms with Gasteiger partial charge in [-0.1, -0.05) is 12.1 Å². The summed E-state index contributed by atoms with van der Waals surface area (Å²) in [5.74, 6) is 0.408. The molecule has 0 aliphatic carbocycles. The minimum Gasteiger partial charge on any atom is -0.482 e. The van der Waals surface area contributed by atoms with Crippen LogP contribution in [0.15, 0.2) is 52.8 Å². The molecule has 154 valence electrons. The molecule has 0 bridgehead atoms. The third-order valence-electron chi connectivity index (χ3n) is 4.52. The Balaban J connectivity index is 1.82. The fourth-order valence-electron chi connectivity index (χ4n) is 3.11. The zero-order chi connectivity index (χ0) is 21.1. The number of carbonyl (C=O) groups excluding carboxylic acids is 1. The van der Waals surface area contributed by atoms with E-state index in [0.29, 0.717) is 29.4 Å². The first-order chi connectivity index (χ1) is 14.6. The van der Waals surface area contributed by atoms with Crippen LogP contribution in [-0.2, 0) is 16.1 Å². The van der Waals surface area contributed by atoms with Gasteiger partial charge in [0, 0.05) is 30.7 Å². The summed E-state index contributed by atoms with van der Waals surface area (Å²) in [6, 6.07) is 11.9. The molecule has 0 fully saturated rings. The zero-order valence-corrected chi connectivity index (χ0v) is 16.8. The van der Waals surface area contributed by atoms with E-state index in [1.807, 2.05) is 22.1 Å². The predicted octanol–water partition coefficient (Wildman–Crippen LogP) is 3.33. The molecule has 2 aromatic carbocycles. The molecule has 1 aromatic heterocycles. The maximum absolute atomic E-state index is 11.7. The standard InChI is InChI=1S/C20H18N4O5S/c1-28-9-8-23-17(13-6-7-18-15(10-13)21-19(25)11-29-18)12-30-20(23)22-14-4-2-3-5-16(14)24(26)27/h2-7,10,12H,8-9,11H2,1H3,(H,21,25). The number of methoxy groups -OCH3 is 1. The van der Waals surface area contributed by atoms with Gasteiger partial charge in [-0.05, 0) is 24.3 Å². The number of amides is 1. The van der Waals surface area contributed by atoms with E-state index >= 15 is 0 Å². The van der Waals surface area contributed by atoms with Crippen LogP contribution < -0.4 is 14.9 Å². The van der Waals surface area contributed by atoms with Gasteiger partial charge in [0.2, 0.25) is 0 Å². The Morgan fingerprint density at radius 1 is 1.33 bits per heavy atom. The van der Waals surface area contributed by atoms with E-state index in [-0.39, 0.29) is 23.9 Å². The van der Waals surface area contributed by atoms with Crippen LogP contribution in [0.3, 0.4) is 0 Å². The molecule has 0 atom stereocenters. The molecule has 0 saturated carbocycles. The number of nitro benzene ring substituents is 1. The molecule has 1 N–H and O–H groups in total. The summed E-state index contributed by atoms with van der Waals surface area (Å²) in [5, 5.41) is 16.1. The Labute approximate surface area is 175 Å². The van der Waals surface area contributed by atoms with Crippen molar-refractivity contribution in [2.24, 2.45) is 4.99 Å². The third kappa shape index (κ3) is 3.95. The topological polar surface area (TPSA) is 108 Å². The summed E-state index contributed by atoms with van der Waals surface area (Å²) in [6.45, 7) is 0.949. The highest BCUT2D eigenvalue weighted by Crippen LogP contribution is 2.33. The highest BCUT2D eigenvalue weighted by molar-refractivity contribution is 7.07. The molecule has 0 unspecified atom stereocenters. The smallest absolute Gasteiger partial charge is 0.294 e. The van der Waals surface area contributed by atoms with Gasteiger partial charge in [0.25, 0.3) is 11.6 Å². The monoisotopic (exact) mass is 426 g/mol. The molecular weight excluding hydrogens is 408 g/mol. The van der Waals surface area contributed by atoms with Gasteiger partial charge in [-0.25, -0.2) is 4.99 Å². The van der Waals surface area contributed by atoms with E-state index in [1.54, 1.807) is 31.4 Å². The van der Waals surface area contributed by atoms with Gasteiger partial charge in [0.1, 0.15) is 11.4 Å². The zero-order valence-electron chi connectivity index (χ0n) is 16.0. The Hall–Kier alpha value is -3.50. The first kappa shape index (κ1) is 19.8. The Bertz CT molecular complexity index is 1180. The number of hydrogen-bond acceptors (Lipinski definition) is 7. The fourth-order valence-corrected chi connectivity index (χ4v) is 4.05. The summed E-state index contributed by atoms with van der Waals surface area (Å²) in [5.41, 5.74) is 2.55. The number of thiazole rings is 1. The van der Waals surface area contributed by atoms with E-state index in [9.17, 15) is 14.9 Å². The number of hydrogen-bond donors (Lipinski definition) is 1. The number of rotatable bonds is 6. The predicted molar refractivity (Wildman–Crippen MR) is 112 cm³/mol. The Morgan fingerprint density at radius 3 is 2.97 bits per heavy atom. The minimum absolute atomic E-state index is 0.00246. The summed E-state index contributed by atoms with van der Waals surface area (Å²) in [7, 11) is 1.61. The SMILES string of the molecule is COCCn1c(-c2ccc3c(c2)NC(=O)CO3)csc1=Nc1ccccc1[N+](=O)[O-]. The maximum atomic E-state index is 11.7. The van der Waals surface area contributed by atoms with Crippen molar-refractivity contribution in [2.45, 2.75) is 6.54 Å². The van der Waals surface area contributed by atoms with E-state index in [4.69, 9.17) is 9.47 Å². The van der Waals surface area contributed by atoms with E-state index in [1.165, 1.54) is 17.4 Å². The van der Waals surface area contributed by atoms with Crippen LogP contribution in [-0.4, -0.2) is 35.7 Å². The number of ether oxygens (including phenoxy) is 2. The molecule has 2 heterocycles. The molecule has 10 heteroatoms. The Morgan fingerprint density at radius 2 is 2.17 bits per heavy atom. The quantitative estimate of drug-likeness (QED) is 0.480. The van der Waals surface area contributed by atoms with Crippen LogP contribution in [0.1, 0.15) is 0 Å². The number of carbonyl (C=O) groups is 1. The lowest BCUT2D eigenvalue weighted by atomic mass is 10.1. The number of para-hydroxylation sites is 2. The molecule has 0 spiro atoms. The van der Waals surface area contributed by atoms with Gasteiger partial charge < -0.3 is 19.4 Å². The second-order valence-electron chi connectivity index (χ2n) is 6.45. The molecule has 1 aliphatic rings. The first-order valence-electron chi connectivity index (χ1n) is 9.09. The molecule has 3 aromatic rings. The number of benzene rings is 2. The van der Waals surface area contributed by atoms with Crippen molar-refractivity contribution in [3.8, 4) is 17.0 Å². The van der Waals surface area contributed by atoms with Gasteiger partial charge in [0.15, 0.2) is 11.4 Å². The highest BCUT2D eigenvalue weighted by atomic mass is 32.1. The summed E-state index contributed by atoms with van der Waals surface area (Å²) in [6.07, 6.45) is 0. The Kier molecular flexibility index (Phi) is 5.59. The molecule has 1 amide bonds. The number of aromatic nitrogens is 1. The lowest BCUT2D eigenvalue weighted by Crippen LogP contribution is -2.25. The minimum atomic E-state index is -0.445. The molecule has 9 nitrogen and oxygen atoms in total. The van der Waals surface area contributed by atoms with Crippen LogP contribution in [0.4, 0.5) is 17.1 Å². The highest BCUT2D eigenvalue weighted by Gasteiger charge is 2.18. The van der Waals surface area contributed by atoms with E-state index in [0.717, 1.165) is 11.3 Å². The van der Waals surface area contributed by atoms with Crippen LogP contribution >= 0.6 is 11.3 Å². The van der Waals surface area contributed by atoms with Gasteiger partial charge in [0.05, 0.1) is 22.9 Å². The van der Waals surface area contributed by atoms with E-state index in [2.05, 4.69) is 10.3 Å². The van der Waals surface area contributed by atoms with Crippen molar-refractivity contribution in [3.05, 3.63) is 62.8 Å². The van der Waals surface area contributed by atoms with Crippen molar-refractivity contribution in [3.63, 3.8) is 0 Å². The normalized spacial score (nSPS) is 13.5.